The largest absolute Gasteiger partial charge is 0.319 e. The Balaban J connectivity index is 2.28. The Morgan fingerprint density at radius 2 is 1.89 bits per heavy atom. The molecule has 0 aliphatic carbocycles. The van der Waals surface area contributed by atoms with Crippen LogP contribution < -0.4 is 5.32 Å². The molecule has 0 spiro atoms. The predicted molar refractivity (Wildman–Crippen MR) is 73.7 cm³/mol. The van der Waals surface area contributed by atoms with Crippen LogP contribution in [0.1, 0.15) is 10.4 Å². The fraction of sp³-hybridized carbons (Fsp3) is 0. The van der Waals surface area contributed by atoms with Crippen LogP contribution in [0.5, 0.6) is 0 Å². The summed E-state index contributed by atoms with van der Waals surface area (Å²) in [6, 6.07) is 8.15. The number of hydrogen-bond donors (Lipinski definition) is 1. The Bertz CT molecular complexity index is 602. The van der Waals surface area contributed by atoms with Crippen LogP contribution in [-0.4, -0.2) is 10.9 Å². The van der Waals surface area contributed by atoms with Crippen molar-refractivity contribution in [3.8, 4) is 0 Å². The number of aromatic nitrogens is 1. The molecular weight excluding hydrogens is 295 g/mol. The topological polar surface area (TPSA) is 42.0 Å². The molecule has 0 fully saturated rings. The smallest absolute Gasteiger partial charge is 0.257 e. The fourth-order valence-corrected chi connectivity index (χ4v) is 1.90. The molecule has 0 aliphatic heterocycles. The van der Waals surface area contributed by atoms with E-state index in [-0.39, 0.29) is 15.7 Å². The lowest BCUT2D eigenvalue weighted by Gasteiger charge is -2.08. The minimum atomic E-state index is -0.391. The van der Waals surface area contributed by atoms with E-state index >= 15 is 0 Å². The number of pyridine rings is 1. The standard InChI is InChI=1S/C12H7Cl3N2O/c13-8-4-1-3-7(10(8)14)12(18)17-9-5-2-6-16-11(9)15/h1-6H,(H,17,18). The second kappa shape index (κ2) is 5.57. The Morgan fingerprint density at radius 3 is 2.61 bits per heavy atom. The number of carbonyl (C=O) groups excluding carboxylic acids is 1. The Labute approximate surface area is 119 Å². The van der Waals surface area contributed by atoms with Crippen LogP contribution >= 0.6 is 34.8 Å². The summed E-state index contributed by atoms with van der Waals surface area (Å²) in [7, 11) is 0. The summed E-state index contributed by atoms with van der Waals surface area (Å²) in [4.78, 5) is 15.9. The first-order valence-corrected chi connectivity index (χ1v) is 6.09. The lowest BCUT2D eigenvalue weighted by atomic mass is 10.2. The molecule has 0 bridgehead atoms. The van der Waals surface area contributed by atoms with E-state index < -0.39 is 5.91 Å². The zero-order valence-corrected chi connectivity index (χ0v) is 11.2. The van der Waals surface area contributed by atoms with Crippen LogP contribution in [-0.2, 0) is 0 Å². The molecule has 2 rings (SSSR count). The van der Waals surface area contributed by atoms with E-state index in [2.05, 4.69) is 10.3 Å². The Morgan fingerprint density at radius 1 is 1.11 bits per heavy atom. The van der Waals surface area contributed by atoms with E-state index in [1.54, 1.807) is 30.3 Å². The summed E-state index contributed by atoms with van der Waals surface area (Å²) in [5.41, 5.74) is 0.698. The number of anilines is 1. The zero-order valence-electron chi connectivity index (χ0n) is 8.95. The van der Waals surface area contributed by atoms with Gasteiger partial charge in [-0.25, -0.2) is 4.98 Å². The van der Waals surface area contributed by atoms with E-state index in [1.165, 1.54) is 6.20 Å². The second-order valence-corrected chi connectivity index (χ2v) is 4.54. The molecule has 0 unspecified atom stereocenters. The van der Waals surface area contributed by atoms with Crippen molar-refractivity contribution in [3.63, 3.8) is 0 Å². The molecule has 3 nitrogen and oxygen atoms in total. The number of benzene rings is 1. The quantitative estimate of drug-likeness (QED) is 0.841. The molecule has 0 saturated heterocycles. The van der Waals surface area contributed by atoms with Gasteiger partial charge in [-0.15, -0.1) is 0 Å². The first-order valence-electron chi connectivity index (χ1n) is 4.95. The molecule has 1 aromatic heterocycles. The average molecular weight is 302 g/mol. The summed E-state index contributed by atoms with van der Waals surface area (Å²) in [6.45, 7) is 0. The van der Waals surface area contributed by atoms with E-state index in [1.807, 2.05) is 0 Å². The van der Waals surface area contributed by atoms with Crippen LogP contribution in [0.4, 0.5) is 5.69 Å². The predicted octanol–water partition coefficient (Wildman–Crippen LogP) is 4.29. The third-order valence-electron chi connectivity index (χ3n) is 2.20. The molecule has 0 aliphatic rings. The van der Waals surface area contributed by atoms with Gasteiger partial charge in [-0.1, -0.05) is 40.9 Å². The highest BCUT2D eigenvalue weighted by Gasteiger charge is 2.13. The van der Waals surface area contributed by atoms with Gasteiger partial charge in [-0.05, 0) is 24.3 Å². The third-order valence-corrected chi connectivity index (χ3v) is 3.32. The van der Waals surface area contributed by atoms with Crippen molar-refractivity contribution in [2.75, 3.05) is 5.32 Å². The van der Waals surface area contributed by atoms with Crippen molar-refractivity contribution in [2.45, 2.75) is 0 Å². The SMILES string of the molecule is O=C(Nc1cccnc1Cl)c1cccc(Cl)c1Cl. The Kier molecular flexibility index (Phi) is 4.07. The molecule has 0 atom stereocenters. The molecule has 1 aromatic carbocycles. The van der Waals surface area contributed by atoms with Crippen molar-refractivity contribution in [2.24, 2.45) is 0 Å². The van der Waals surface area contributed by atoms with Crippen LogP contribution in [0.25, 0.3) is 0 Å². The minimum absolute atomic E-state index is 0.205. The fourth-order valence-electron chi connectivity index (χ4n) is 1.35. The molecule has 1 N–H and O–H groups in total. The Hall–Kier alpha value is -1.29. The highest BCUT2D eigenvalue weighted by Crippen LogP contribution is 2.27. The molecule has 1 amide bonds. The van der Waals surface area contributed by atoms with E-state index in [9.17, 15) is 4.79 Å². The molecule has 18 heavy (non-hydrogen) atoms. The van der Waals surface area contributed by atoms with E-state index in [4.69, 9.17) is 34.8 Å². The molecule has 6 heteroatoms. The maximum atomic E-state index is 12.0. The number of halogens is 3. The highest BCUT2D eigenvalue weighted by molar-refractivity contribution is 6.44. The van der Waals surface area contributed by atoms with Crippen LogP contribution in [0.2, 0.25) is 15.2 Å². The molecular formula is C12H7Cl3N2O. The van der Waals surface area contributed by atoms with Gasteiger partial charge < -0.3 is 5.32 Å². The molecule has 0 radical (unpaired) electrons. The maximum Gasteiger partial charge on any atom is 0.257 e. The lowest BCUT2D eigenvalue weighted by molar-refractivity contribution is 0.102. The highest BCUT2D eigenvalue weighted by atomic mass is 35.5. The second-order valence-electron chi connectivity index (χ2n) is 3.40. The van der Waals surface area contributed by atoms with Gasteiger partial charge in [-0.2, -0.15) is 0 Å². The monoisotopic (exact) mass is 300 g/mol. The number of rotatable bonds is 2. The maximum absolute atomic E-state index is 12.0. The van der Waals surface area contributed by atoms with Crippen molar-refractivity contribution in [1.29, 1.82) is 0 Å². The summed E-state index contributed by atoms with van der Waals surface area (Å²) in [6.07, 6.45) is 1.53. The van der Waals surface area contributed by atoms with Gasteiger partial charge in [0.2, 0.25) is 0 Å². The third kappa shape index (κ3) is 2.75. The van der Waals surface area contributed by atoms with Crippen LogP contribution in [0.15, 0.2) is 36.5 Å². The number of nitrogens with one attached hydrogen (secondary N) is 1. The van der Waals surface area contributed by atoms with Crippen LogP contribution in [0, 0.1) is 0 Å². The van der Waals surface area contributed by atoms with Crippen molar-refractivity contribution in [3.05, 3.63) is 57.3 Å². The van der Waals surface area contributed by atoms with Gasteiger partial charge in [0.1, 0.15) is 0 Å². The van der Waals surface area contributed by atoms with Gasteiger partial charge in [0, 0.05) is 6.20 Å². The van der Waals surface area contributed by atoms with Gasteiger partial charge in [-0.3, -0.25) is 4.79 Å². The lowest BCUT2D eigenvalue weighted by Crippen LogP contribution is -2.13. The van der Waals surface area contributed by atoms with Gasteiger partial charge in [0.15, 0.2) is 5.15 Å². The van der Waals surface area contributed by atoms with Crippen LogP contribution in [0.3, 0.4) is 0 Å². The van der Waals surface area contributed by atoms with E-state index in [0.29, 0.717) is 10.7 Å². The minimum Gasteiger partial charge on any atom is -0.319 e. The molecule has 92 valence electrons. The van der Waals surface area contributed by atoms with Crippen molar-refractivity contribution >= 4 is 46.4 Å². The number of nitrogens with zero attached hydrogens (tertiary/aromatic N) is 1. The molecule has 0 saturated carbocycles. The van der Waals surface area contributed by atoms with E-state index in [0.717, 1.165) is 0 Å². The summed E-state index contributed by atoms with van der Waals surface area (Å²) >= 11 is 17.6. The van der Waals surface area contributed by atoms with Crippen molar-refractivity contribution < 1.29 is 4.79 Å². The normalized spacial score (nSPS) is 10.2. The number of hydrogen-bond acceptors (Lipinski definition) is 2. The first kappa shape index (κ1) is 13.1. The summed E-state index contributed by atoms with van der Waals surface area (Å²) in [5.74, 6) is -0.391. The zero-order chi connectivity index (χ0) is 13.1. The first-order chi connectivity index (χ1) is 8.59. The van der Waals surface area contributed by atoms with Gasteiger partial charge in [0.05, 0.1) is 21.3 Å². The average Bonchev–Trinajstić information content (AvgIpc) is 2.35. The van der Waals surface area contributed by atoms with Crippen molar-refractivity contribution in [1.82, 2.24) is 4.98 Å². The number of carbonyl (C=O) groups is 1. The summed E-state index contributed by atoms with van der Waals surface area (Å²) in [5, 5.41) is 3.36. The summed E-state index contributed by atoms with van der Waals surface area (Å²) < 4.78 is 0. The van der Waals surface area contributed by atoms with Gasteiger partial charge in [0.25, 0.3) is 5.91 Å². The van der Waals surface area contributed by atoms with Gasteiger partial charge >= 0.3 is 0 Å². The number of amides is 1. The molecule has 1 heterocycles. The molecule has 2 aromatic rings.